The Kier molecular flexibility index (Phi) is 5.38. The predicted molar refractivity (Wildman–Crippen MR) is 82.2 cm³/mol. The Morgan fingerprint density at radius 3 is 2.81 bits per heavy atom. The van der Waals surface area contributed by atoms with Crippen molar-refractivity contribution in [2.24, 2.45) is 0 Å². The van der Waals surface area contributed by atoms with Crippen LogP contribution in [0.25, 0.3) is 11.5 Å². The highest BCUT2D eigenvalue weighted by atomic mass is 79.9. The van der Waals surface area contributed by atoms with E-state index in [1.807, 2.05) is 0 Å². The molecule has 0 aliphatic heterocycles. The van der Waals surface area contributed by atoms with Gasteiger partial charge in [-0.05, 0) is 40.5 Å². The maximum absolute atomic E-state index is 11.2. The van der Waals surface area contributed by atoms with Crippen molar-refractivity contribution in [3.8, 4) is 23.0 Å². The summed E-state index contributed by atoms with van der Waals surface area (Å²) >= 11 is 2.84. The van der Waals surface area contributed by atoms with Crippen molar-refractivity contribution in [3.63, 3.8) is 0 Å². The largest absolute Gasteiger partial charge is 0.493 e. The van der Waals surface area contributed by atoms with Crippen molar-refractivity contribution in [1.82, 2.24) is 4.98 Å². The first kappa shape index (κ1) is 15.6. The molecule has 0 unspecified atom stereocenters. The summed E-state index contributed by atoms with van der Waals surface area (Å²) in [6.07, 6.45) is 3.33. The van der Waals surface area contributed by atoms with Crippen LogP contribution in [-0.4, -0.2) is 23.4 Å². The van der Waals surface area contributed by atoms with Crippen LogP contribution in [0, 0.1) is 0 Å². The van der Waals surface area contributed by atoms with E-state index in [2.05, 4.69) is 27.8 Å². The number of aromatic nitrogens is 1. The molecular formula is C15H16BrNO4. The quantitative estimate of drug-likeness (QED) is 0.554. The molecule has 0 N–H and O–H groups in total. The Hall–Kier alpha value is -1.82. The fourth-order valence-corrected chi connectivity index (χ4v) is 1.93. The average Bonchev–Trinajstić information content (AvgIpc) is 2.97. The summed E-state index contributed by atoms with van der Waals surface area (Å²) < 4.78 is 16.0. The number of methoxy groups -OCH3 is 1. The number of ether oxygens (including phenoxy) is 2. The van der Waals surface area contributed by atoms with Crippen LogP contribution in [0.1, 0.15) is 30.3 Å². The highest BCUT2D eigenvalue weighted by Gasteiger charge is 2.13. The maximum Gasteiger partial charge on any atom is 0.249 e. The predicted octanol–water partition coefficient (Wildman–Crippen LogP) is 4.06. The van der Waals surface area contributed by atoms with Crippen LogP contribution in [0.2, 0.25) is 0 Å². The zero-order valence-electron chi connectivity index (χ0n) is 11.9. The SMILES string of the molecule is CCCCOc1cc(-c2nc(C(=O)Br)co2)ccc1OC. The van der Waals surface area contributed by atoms with Gasteiger partial charge >= 0.3 is 0 Å². The normalized spacial score (nSPS) is 10.4. The van der Waals surface area contributed by atoms with Gasteiger partial charge in [-0.25, -0.2) is 4.98 Å². The van der Waals surface area contributed by atoms with Gasteiger partial charge in [-0.3, -0.25) is 4.79 Å². The Morgan fingerprint density at radius 1 is 1.38 bits per heavy atom. The van der Waals surface area contributed by atoms with Gasteiger partial charge in [0.05, 0.1) is 13.7 Å². The monoisotopic (exact) mass is 353 g/mol. The number of rotatable bonds is 7. The number of halogens is 1. The maximum atomic E-state index is 11.2. The third kappa shape index (κ3) is 3.85. The molecule has 0 saturated carbocycles. The summed E-state index contributed by atoms with van der Waals surface area (Å²) in [5, 5.41) is 0. The number of carbonyl (C=O) groups excluding carboxylic acids is 1. The second-order valence-corrected chi connectivity index (χ2v) is 5.10. The minimum Gasteiger partial charge on any atom is -0.493 e. The number of benzene rings is 1. The first-order valence-electron chi connectivity index (χ1n) is 6.62. The van der Waals surface area contributed by atoms with Crippen molar-refractivity contribution < 1.29 is 18.7 Å². The number of hydrogen-bond donors (Lipinski definition) is 0. The molecule has 0 amide bonds. The van der Waals surface area contributed by atoms with E-state index in [0.29, 0.717) is 24.0 Å². The van der Waals surface area contributed by atoms with Crippen molar-refractivity contribution >= 4 is 20.6 Å². The minimum absolute atomic E-state index is 0.231. The van der Waals surface area contributed by atoms with Gasteiger partial charge in [0, 0.05) is 5.56 Å². The van der Waals surface area contributed by atoms with E-state index in [9.17, 15) is 4.79 Å². The lowest BCUT2D eigenvalue weighted by molar-refractivity contribution is 0.109. The van der Waals surface area contributed by atoms with Gasteiger partial charge in [0.2, 0.25) is 10.6 Å². The van der Waals surface area contributed by atoms with Crippen molar-refractivity contribution in [1.29, 1.82) is 0 Å². The van der Waals surface area contributed by atoms with Gasteiger partial charge in [0.25, 0.3) is 0 Å². The molecule has 1 heterocycles. The molecule has 112 valence electrons. The second-order valence-electron chi connectivity index (χ2n) is 4.38. The third-order valence-corrected chi connectivity index (χ3v) is 3.28. The Balaban J connectivity index is 2.27. The summed E-state index contributed by atoms with van der Waals surface area (Å²) in [6, 6.07) is 5.39. The highest BCUT2D eigenvalue weighted by molar-refractivity contribution is 9.18. The molecule has 0 radical (unpaired) electrons. The molecule has 0 atom stereocenters. The van der Waals surface area contributed by atoms with Crippen molar-refractivity contribution in [2.75, 3.05) is 13.7 Å². The molecule has 0 saturated heterocycles. The first-order chi connectivity index (χ1) is 10.2. The van der Waals surface area contributed by atoms with Gasteiger partial charge in [-0.15, -0.1) is 0 Å². The van der Waals surface area contributed by atoms with Crippen molar-refractivity contribution in [2.45, 2.75) is 19.8 Å². The van der Waals surface area contributed by atoms with Gasteiger partial charge < -0.3 is 13.9 Å². The topological polar surface area (TPSA) is 61.6 Å². The first-order valence-corrected chi connectivity index (χ1v) is 7.41. The highest BCUT2D eigenvalue weighted by Crippen LogP contribution is 2.32. The molecule has 5 nitrogen and oxygen atoms in total. The second kappa shape index (κ2) is 7.26. The molecule has 0 aliphatic rings. The molecule has 1 aromatic carbocycles. The van der Waals surface area contributed by atoms with Crippen LogP contribution in [-0.2, 0) is 0 Å². The summed E-state index contributed by atoms with van der Waals surface area (Å²) in [5.41, 5.74) is 0.955. The van der Waals surface area contributed by atoms with Crippen LogP contribution in [0.3, 0.4) is 0 Å². The Bertz CT molecular complexity index is 624. The third-order valence-electron chi connectivity index (χ3n) is 2.87. The number of unbranched alkanes of at least 4 members (excludes halogenated alkanes) is 1. The molecule has 2 aromatic rings. The Labute approximate surface area is 131 Å². The van der Waals surface area contributed by atoms with Crippen LogP contribution in [0.4, 0.5) is 0 Å². The molecule has 21 heavy (non-hydrogen) atoms. The van der Waals surface area contributed by atoms with E-state index < -0.39 is 0 Å². The average molecular weight is 354 g/mol. The standard InChI is InChI=1S/C15H16BrNO4/c1-3-4-7-20-13-8-10(5-6-12(13)19-2)15-17-11(9-21-15)14(16)18/h5-6,8-9H,3-4,7H2,1-2H3. The van der Waals surface area contributed by atoms with Crippen LogP contribution >= 0.6 is 15.9 Å². The van der Waals surface area contributed by atoms with Crippen LogP contribution < -0.4 is 9.47 Å². The zero-order valence-corrected chi connectivity index (χ0v) is 13.5. The van der Waals surface area contributed by atoms with Gasteiger partial charge in [-0.1, -0.05) is 13.3 Å². The molecular weight excluding hydrogens is 338 g/mol. The Morgan fingerprint density at radius 2 is 2.19 bits per heavy atom. The molecule has 0 spiro atoms. The lowest BCUT2D eigenvalue weighted by Crippen LogP contribution is -1.99. The fourth-order valence-electron chi connectivity index (χ4n) is 1.75. The van der Waals surface area contributed by atoms with E-state index >= 15 is 0 Å². The summed E-state index contributed by atoms with van der Waals surface area (Å²) in [6.45, 7) is 2.72. The molecule has 6 heteroatoms. The summed E-state index contributed by atoms with van der Waals surface area (Å²) in [5.74, 6) is 1.65. The summed E-state index contributed by atoms with van der Waals surface area (Å²) in [4.78, 5) is 15.3. The van der Waals surface area contributed by atoms with E-state index in [4.69, 9.17) is 13.9 Å². The molecule has 0 bridgehead atoms. The number of nitrogens with zero attached hydrogens (tertiary/aromatic N) is 1. The fraction of sp³-hybridized carbons (Fsp3) is 0.333. The number of hydrogen-bond acceptors (Lipinski definition) is 5. The lowest BCUT2D eigenvalue weighted by Gasteiger charge is -2.11. The number of carbonyl (C=O) groups is 1. The molecule has 0 aliphatic carbocycles. The van der Waals surface area contributed by atoms with Gasteiger partial charge in [0.1, 0.15) is 6.26 Å². The van der Waals surface area contributed by atoms with E-state index in [1.165, 1.54) is 6.26 Å². The molecule has 1 aromatic heterocycles. The van der Waals surface area contributed by atoms with Crippen molar-refractivity contribution in [3.05, 3.63) is 30.2 Å². The van der Waals surface area contributed by atoms with E-state index in [1.54, 1.807) is 25.3 Å². The van der Waals surface area contributed by atoms with Crippen LogP contribution in [0.15, 0.2) is 28.9 Å². The summed E-state index contributed by atoms with van der Waals surface area (Å²) in [7, 11) is 1.59. The van der Waals surface area contributed by atoms with E-state index in [-0.39, 0.29) is 10.4 Å². The molecule has 0 fully saturated rings. The smallest absolute Gasteiger partial charge is 0.249 e. The van der Waals surface area contributed by atoms with E-state index in [0.717, 1.165) is 18.4 Å². The molecule has 2 rings (SSSR count). The van der Waals surface area contributed by atoms with Gasteiger partial charge in [0.15, 0.2) is 17.2 Å². The number of oxazole rings is 1. The zero-order chi connectivity index (χ0) is 15.2. The van der Waals surface area contributed by atoms with Crippen LogP contribution in [0.5, 0.6) is 11.5 Å². The minimum atomic E-state index is -0.314. The van der Waals surface area contributed by atoms with Gasteiger partial charge in [-0.2, -0.15) is 0 Å². The lowest BCUT2D eigenvalue weighted by atomic mass is 10.2.